The van der Waals surface area contributed by atoms with Gasteiger partial charge in [-0.2, -0.15) is 0 Å². The van der Waals surface area contributed by atoms with Crippen molar-refractivity contribution >= 4 is 40.2 Å². The maximum Gasteiger partial charge on any atom is 0.347 e. The van der Waals surface area contributed by atoms with Gasteiger partial charge in [0.2, 0.25) is 0 Å². The van der Waals surface area contributed by atoms with Gasteiger partial charge < -0.3 is 19.7 Å². The summed E-state index contributed by atoms with van der Waals surface area (Å²) < 4.78 is 10.1. The molecule has 0 saturated carbocycles. The Hall–Kier alpha value is -2.48. The number of carbonyl (C=O) groups excluding carboxylic acids is 2. The van der Waals surface area contributed by atoms with Crippen LogP contribution in [-0.2, 0) is 25.5 Å². The predicted octanol–water partition coefficient (Wildman–Crippen LogP) is 4.51. The molecule has 2 heterocycles. The molecule has 0 amide bonds. The van der Waals surface area contributed by atoms with Gasteiger partial charge in [-0.05, 0) is 56.1 Å². The molecule has 3 rings (SSSR count). The first-order chi connectivity index (χ1) is 15.1. The second-order valence-corrected chi connectivity index (χ2v) is 8.36. The van der Waals surface area contributed by atoms with Gasteiger partial charge in [-0.3, -0.25) is 4.99 Å². The fourth-order valence-electron chi connectivity index (χ4n) is 3.59. The van der Waals surface area contributed by atoms with Crippen molar-refractivity contribution in [3.05, 3.63) is 29.5 Å². The van der Waals surface area contributed by atoms with E-state index < -0.39 is 11.9 Å². The molecule has 8 heteroatoms. The summed E-state index contributed by atoms with van der Waals surface area (Å²) >= 11 is 1.71. The van der Waals surface area contributed by atoms with E-state index in [0.717, 1.165) is 48.0 Å². The van der Waals surface area contributed by atoms with E-state index in [2.05, 4.69) is 34.3 Å². The molecule has 7 nitrogen and oxygen atoms in total. The lowest BCUT2D eigenvalue weighted by Crippen LogP contribution is -2.21. The number of rotatable bonds is 11. The number of aryl methyl sites for hydroxylation is 1. The fourth-order valence-corrected chi connectivity index (χ4v) is 4.72. The number of hydrogen-bond acceptors (Lipinski definition) is 8. The standard InChI is InChI=1S/C23H31N3O4S/c1-4-7-8-9-10-16-13-20-19(26-12-11-24-23(26)31-20)14-18(16)25-15-17(21(27)29-5-2)22(28)30-6-3/h13-15,25H,4-12H2,1-3H3. The van der Waals surface area contributed by atoms with E-state index in [4.69, 9.17) is 9.47 Å². The SMILES string of the molecule is CCCCCCc1cc2c(cc1NC=C(C(=O)OCC)C(=O)OCC)N1CCN=C1S2. The van der Waals surface area contributed by atoms with Gasteiger partial charge in [0, 0.05) is 23.3 Å². The third-order valence-corrected chi connectivity index (χ3v) is 6.22. The summed E-state index contributed by atoms with van der Waals surface area (Å²) in [6, 6.07) is 4.30. The average molecular weight is 446 g/mol. The number of nitrogens with zero attached hydrogens (tertiary/aromatic N) is 2. The summed E-state index contributed by atoms with van der Waals surface area (Å²) in [6.45, 7) is 7.66. The molecule has 1 aromatic carbocycles. The summed E-state index contributed by atoms with van der Waals surface area (Å²) in [5, 5.41) is 4.24. The van der Waals surface area contributed by atoms with Crippen LogP contribution in [0.25, 0.3) is 0 Å². The molecule has 0 atom stereocenters. The largest absolute Gasteiger partial charge is 0.462 e. The van der Waals surface area contributed by atoms with E-state index in [0.29, 0.717) is 0 Å². The second kappa shape index (κ2) is 11.2. The van der Waals surface area contributed by atoms with E-state index >= 15 is 0 Å². The Bertz CT molecular complexity index is 862. The summed E-state index contributed by atoms with van der Waals surface area (Å²) in [5.41, 5.74) is 3.02. The lowest BCUT2D eigenvalue weighted by molar-refractivity contribution is -0.146. The van der Waals surface area contributed by atoms with Crippen molar-refractivity contribution in [1.82, 2.24) is 0 Å². The molecule has 1 N–H and O–H groups in total. The van der Waals surface area contributed by atoms with Crippen LogP contribution in [0.3, 0.4) is 0 Å². The molecular weight excluding hydrogens is 414 g/mol. The first kappa shape index (κ1) is 23.2. The van der Waals surface area contributed by atoms with E-state index in [-0.39, 0.29) is 18.8 Å². The van der Waals surface area contributed by atoms with Crippen LogP contribution in [-0.4, -0.2) is 43.4 Å². The highest BCUT2D eigenvalue weighted by atomic mass is 32.2. The van der Waals surface area contributed by atoms with Gasteiger partial charge in [0.1, 0.15) is 0 Å². The summed E-state index contributed by atoms with van der Waals surface area (Å²) in [5.74, 6) is -1.38. The number of benzene rings is 1. The quantitative estimate of drug-likeness (QED) is 0.176. The molecule has 0 unspecified atom stereocenters. The number of amidine groups is 1. The van der Waals surface area contributed by atoms with Crippen molar-refractivity contribution in [3.63, 3.8) is 0 Å². The average Bonchev–Trinajstić information content (AvgIpc) is 3.33. The maximum atomic E-state index is 12.3. The Balaban J connectivity index is 1.88. The topological polar surface area (TPSA) is 80.2 Å². The number of anilines is 2. The minimum absolute atomic E-state index is 0.140. The zero-order valence-electron chi connectivity index (χ0n) is 18.5. The van der Waals surface area contributed by atoms with Gasteiger partial charge in [0.15, 0.2) is 10.7 Å². The van der Waals surface area contributed by atoms with Crippen molar-refractivity contribution in [3.8, 4) is 0 Å². The monoisotopic (exact) mass is 445 g/mol. The van der Waals surface area contributed by atoms with Gasteiger partial charge in [-0.1, -0.05) is 26.2 Å². The third-order valence-electron chi connectivity index (χ3n) is 5.14. The molecule has 2 aliphatic rings. The van der Waals surface area contributed by atoms with Crippen molar-refractivity contribution in [2.45, 2.75) is 57.8 Å². The molecule has 0 bridgehead atoms. The minimum Gasteiger partial charge on any atom is -0.462 e. The van der Waals surface area contributed by atoms with E-state index in [1.165, 1.54) is 30.4 Å². The van der Waals surface area contributed by atoms with Crippen molar-refractivity contribution < 1.29 is 19.1 Å². The normalized spacial score (nSPS) is 13.9. The van der Waals surface area contributed by atoms with Crippen LogP contribution < -0.4 is 10.2 Å². The molecule has 31 heavy (non-hydrogen) atoms. The lowest BCUT2D eigenvalue weighted by atomic mass is 10.0. The molecule has 0 radical (unpaired) electrons. The number of carbonyl (C=O) groups is 2. The number of nitrogens with one attached hydrogen (secondary N) is 1. The Morgan fingerprint density at radius 3 is 2.55 bits per heavy atom. The van der Waals surface area contributed by atoms with Gasteiger partial charge in [-0.15, -0.1) is 0 Å². The van der Waals surface area contributed by atoms with Crippen LogP contribution in [0.2, 0.25) is 0 Å². The number of hydrogen-bond donors (Lipinski definition) is 1. The second-order valence-electron chi connectivity index (χ2n) is 7.35. The van der Waals surface area contributed by atoms with Gasteiger partial charge in [0.05, 0.1) is 25.4 Å². The van der Waals surface area contributed by atoms with E-state index in [9.17, 15) is 9.59 Å². The highest BCUT2D eigenvalue weighted by Crippen LogP contribution is 2.44. The Labute approximate surface area is 188 Å². The smallest absolute Gasteiger partial charge is 0.347 e. The molecule has 0 saturated heterocycles. The van der Waals surface area contributed by atoms with Crippen LogP contribution >= 0.6 is 11.8 Å². The Morgan fingerprint density at radius 2 is 1.87 bits per heavy atom. The number of thioether (sulfide) groups is 1. The highest BCUT2D eigenvalue weighted by Gasteiger charge is 2.30. The zero-order chi connectivity index (χ0) is 22.2. The minimum atomic E-state index is -0.691. The molecule has 0 aromatic heterocycles. The molecule has 168 valence electrons. The van der Waals surface area contributed by atoms with E-state index in [1.807, 2.05) is 0 Å². The number of aliphatic imine (C=N–C) groups is 1. The Morgan fingerprint density at radius 1 is 1.13 bits per heavy atom. The molecule has 0 aliphatic carbocycles. The molecule has 2 aliphatic heterocycles. The summed E-state index contributed by atoms with van der Waals surface area (Å²) in [6.07, 6.45) is 6.99. The van der Waals surface area contributed by atoms with Gasteiger partial charge in [0.25, 0.3) is 0 Å². The summed E-state index contributed by atoms with van der Waals surface area (Å²) in [7, 11) is 0. The predicted molar refractivity (Wildman–Crippen MR) is 125 cm³/mol. The van der Waals surface area contributed by atoms with Crippen LogP contribution in [0.5, 0.6) is 0 Å². The number of ether oxygens (including phenoxy) is 2. The van der Waals surface area contributed by atoms with Gasteiger partial charge >= 0.3 is 11.9 Å². The number of unbranched alkanes of at least 4 members (excludes halogenated alkanes) is 3. The first-order valence-electron chi connectivity index (χ1n) is 11.1. The molecule has 0 fully saturated rings. The van der Waals surface area contributed by atoms with Crippen LogP contribution in [0.15, 0.2) is 33.8 Å². The van der Waals surface area contributed by atoms with Crippen molar-refractivity contribution in [1.29, 1.82) is 0 Å². The highest BCUT2D eigenvalue weighted by molar-refractivity contribution is 8.14. The third kappa shape index (κ3) is 5.61. The van der Waals surface area contributed by atoms with E-state index in [1.54, 1.807) is 25.6 Å². The lowest BCUT2D eigenvalue weighted by Gasteiger charge is -2.17. The van der Waals surface area contributed by atoms with Crippen LogP contribution in [0.4, 0.5) is 11.4 Å². The van der Waals surface area contributed by atoms with Crippen LogP contribution in [0.1, 0.15) is 52.0 Å². The Kier molecular flexibility index (Phi) is 8.40. The first-order valence-corrected chi connectivity index (χ1v) is 11.9. The van der Waals surface area contributed by atoms with Crippen molar-refractivity contribution in [2.75, 3.05) is 36.5 Å². The fraction of sp³-hybridized carbons (Fsp3) is 0.522. The van der Waals surface area contributed by atoms with Crippen LogP contribution in [0, 0.1) is 0 Å². The van der Waals surface area contributed by atoms with Gasteiger partial charge in [-0.25, -0.2) is 9.59 Å². The number of esters is 2. The summed E-state index contributed by atoms with van der Waals surface area (Å²) in [4.78, 5) is 32.6. The molecule has 1 aromatic rings. The number of fused-ring (bicyclic) bond motifs is 3. The zero-order valence-corrected chi connectivity index (χ0v) is 19.3. The van der Waals surface area contributed by atoms with Crippen molar-refractivity contribution in [2.24, 2.45) is 4.99 Å². The maximum absolute atomic E-state index is 12.3. The molecule has 0 spiro atoms. The molecular formula is C23H31N3O4S.